The Kier molecular flexibility index (Phi) is 9.39. The van der Waals surface area contributed by atoms with Crippen LogP contribution in [0.1, 0.15) is 56.2 Å². The van der Waals surface area contributed by atoms with Crippen molar-refractivity contribution < 1.29 is 41.8 Å². The summed E-state index contributed by atoms with van der Waals surface area (Å²) in [4.78, 5) is 35.1. The molecule has 2 atom stereocenters. The van der Waals surface area contributed by atoms with Gasteiger partial charge < -0.3 is 24.6 Å². The van der Waals surface area contributed by atoms with Gasteiger partial charge in [-0.3, -0.25) is 14.3 Å². The predicted molar refractivity (Wildman–Crippen MR) is 130 cm³/mol. The van der Waals surface area contributed by atoms with Crippen LogP contribution in [0.25, 0.3) is 0 Å². The van der Waals surface area contributed by atoms with Crippen LogP contribution in [0.3, 0.4) is 0 Å². The summed E-state index contributed by atoms with van der Waals surface area (Å²) < 4.78 is 58.8. The fraction of sp³-hybridized carbons (Fsp3) is 0.440. The second kappa shape index (κ2) is 12.1. The van der Waals surface area contributed by atoms with Crippen LogP contribution in [0.15, 0.2) is 54.5 Å². The molecule has 1 aromatic heterocycles. The van der Waals surface area contributed by atoms with Gasteiger partial charge in [-0.1, -0.05) is 38.0 Å². The lowest BCUT2D eigenvalue weighted by Crippen LogP contribution is -2.36. The number of amides is 1. The van der Waals surface area contributed by atoms with Crippen LogP contribution in [0.2, 0.25) is 0 Å². The van der Waals surface area contributed by atoms with E-state index < -0.39 is 25.9 Å². The zero-order valence-corrected chi connectivity index (χ0v) is 21.2. The number of aromatic nitrogens is 1. The molecule has 1 aliphatic rings. The molecule has 1 aromatic carbocycles. The number of nitrogens with one attached hydrogen (secondary N) is 1. The molecule has 0 radical (unpaired) electrons. The number of carbonyl (C=O) groups is 1. The second-order valence-electron chi connectivity index (χ2n) is 8.95. The normalized spacial score (nSPS) is 19.6. The molecule has 202 valence electrons. The number of carbonyl (C=O) groups excluding carboxylic acids is 1. The van der Waals surface area contributed by atoms with Gasteiger partial charge in [0.1, 0.15) is 18.1 Å². The summed E-state index contributed by atoms with van der Waals surface area (Å²) in [7, 11) is -4.39. The van der Waals surface area contributed by atoms with Crippen molar-refractivity contribution >= 4 is 13.5 Å². The third-order valence-corrected chi connectivity index (χ3v) is 6.35. The lowest BCUT2D eigenvalue weighted by Gasteiger charge is -2.17. The molecule has 1 fully saturated rings. The molecule has 37 heavy (non-hydrogen) atoms. The van der Waals surface area contributed by atoms with Crippen LogP contribution in [0, 0.1) is 0 Å². The van der Waals surface area contributed by atoms with Gasteiger partial charge in [0.15, 0.2) is 6.61 Å². The molecule has 0 spiro atoms. The van der Waals surface area contributed by atoms with Gasteiger partial charge in [0, 0.05) is 30.4 Å². The highest BCUT2D eigenvalue weighted by atomic mass is 31.2. The molecule has 12 heteroatoms. The van der Waals surface area contributed by atoms with Crippen molar-refractivity contribution in [1.82, 2.24) is 10.3 Å². The lowest BCUT2D eigenvalue weighted by molar-refractivity contribution is -0.153. The van der Waals surface area contributed by atoms with Gasteiger partial charge in [-0.05, 0) is 36.6 Å². The molecule has 1 aliphatic carbocycles. The molecule has 0 bridgehead atoms. The topological polar surface area (TPSA) is 118 Å². The van der Waals surface area contributed by atoms with E-state index in [0.717, 1.165) is 30.6 Å². The minimum absolute atomic E-state index is 0.00870. The number of hydrogen-bond acceptors (Lipinski definition) is 5. The average Bonchev–Trinajstić information content (AvgIpc) is 3.54. The Balaban J connectivity index is 1.62. The third-order valence-electron chi connectivity index (χ3n) is 5.81. The van der Waals surface area contributed by atoms with E-state index in [1.165, 1.54) is 24.4 Å². The number of unbranched alkanes of at least 4 members (excludes halogenated alkanes) is 2. The standard InChI is InChI=1S/C25H30F3N2O6P/c1-2-3-4-5-23(31)30-24(11-13-37(32,33)34)15-22(24)18-6-8-20(9-7-18)35-16-19-14-21(10-12-29-19)36-17-25(26,27)28/h6-14,22H,2-5,15-17H2,1H3,(H,30,31)(H2,32,33,34)/b13-11+/t22-,24?/m1/s1. The van der Waals surface area contributed by atoms with Crippen molar-refractivity contribution in [2.24, 2.45) is 0 Å². The van der Waals surface area contributed by atoms with Crippen molar-refractivity contribution in [2.45, 2.75) is 63.3 Å². The smallest absolute Gasteiger partial charge is 0.422 e. The van der Waals surface area contributed by atoms with Crippen LogP contribution in [0.5, 0.6) is 11.5 Å². The van der Waals surface area contributed by atoms with Crippen molar-refractivity contribution in [3.8, 4) is 11.5 Å². The molecule has 1 heterocycles. The summed E-state index contributed by atoms with van der Waals surface area (Å²) in [6, 6.07) is 9.71. The minimum atomic E-state index is -4.44. The summed E-state index contributed by atoms with van der Waals surface area (Å²) in [5.41, 5.74) is 0.378. The van der Waals surface area contributed by atoms with Crippen molar-refractivity contribution in [2.75, 3.05) is 6.61 Å². The predicted octanol–water partition coefficient (Wildman–Crippen LogP) is 5.22. The largest absolute Gasteiger partial charge is 0.487 e. The van der Waals surface area contributed by atoms with Crippen molar-refractivity contribution in [1.29, 1.82) is 0 Å². The molecule has 8 nitrogen and oxygen atoms in total. The number of benzene rings is 1. The highest BCUT2D eigenvalue weighted by Crippen LogP contribution is 2.54. The fourth-order valence-electron chi connectivity index (χ4n) is 3.89. The van der Waals surface area contributed by atoms with Crippen LogP contribution >= 0.6 is 7.60 Å². The minimum Gasteiger partial charge on any atom is -0.487 e. The van der Waals surface area contributed by atoms with Crippen LogP contribution in [-0.4, -0.2) is 39.0 Å². The second-order valence-corrected chi connectivity index (χ2v) is 10.4. The highest BCUT2D eigenvalue weighted by molar-refractivity contribution is 7.55. The molecule has 1 amide bonds. The molecule has 3 rings (SSSR count). The first-order chi connectivity index (χ1) is 17.4. The third kappa shape index (κ3) is 9.50. The first kappa shape index (κ1) is 28.7. The zero-order valence-electron chi connectivity index (χ0n) is 20.3. The van der Waals surface area contributed by atoms with E-state index in [2.05, 4.69) is 10.3 Å². The molecule has 3 N–H and O–H groups in total. The Hall–Kier alpha value is -2.88. The van der Waals surface area contributed by atoms with E-state index in [0.29, 0.717) is 24.3 Å². The summed E-state index contributed by atoms with van der Waals surface area (Å²) >= 11 is 0. The van der Waals surface area contributed by atoms with Gasteiger partial charge in [0.2, 0.25) is 5.91 Å². The van der Waals surface area contributed by atoms with Crippen LogP contribution in [0.4, 0.5) is 13.2 Å². The molecule has 0 saturated heterocycles. The highest BCUT2D eigenvalue weighted by Gasteiger charge is 2.54. The van der Waals surface area contributed by atoms with Crippen molar-refractivity contribution in [3.05, 3.63) is 65.7 Å². The molecule has 1 saturated carbocycles. The number of hydrogen-bond donors (Lipinski definition) is 3. The first-order valence-corrected chi connectivity index (χ1v) is 13.5. The Labute approximate surface area is 213 Å². The Morgan fingerprint density at radius 2 is 1.92 bits per heavy atom. The maximum Gasteiger partial charge on any atom is 0.422 e. The molecular weight excluding hydrogens is 512 g/mol. The van der Waals surface area contributed by atoms with Gasteiger partial charge in [0.05, 0.1) is 11.2 Å². The number of rotatable bonds is 13. The number of alkyl halides is 3. The summed E-state index contributed by atoms with van der Waals surface area (Å²) in [5, 5.41) is 2.94. The van der Waals surface area contributed by atoms with E-state index in [4.69, 9.17) is 9.47 Å². The monoisotopic (exact) mass is 542 g/mol. The van der Waals surface area contributed by atoms with Gasteiger partial charge >= 0.3 is 13.8 Å². The van der Waals surface area contributed by atoms with E-state index in [1.807, 2.05) is 6.92 Å². The van der Waals surface area contributed by atoms with E-state index in [1.54, 1.807) is 24.3 Å². The Morgan fingerprint density at radius 3 is 2.57 bits per heavy atom. The molecule has 2 aromatic rings. The lowest BCUT2D eigenvalue weighted by atomic mass is 10.1. The molecular formula is C25H30F3N2O6P. The average molecular weight is 542 g/mol. The summed E-state index contributed by atoms with van der Waals surface area (Å²) in [6.07, 6.45) is 1.76. The number of nitrogens with zero attached hydrogens (tertiary/aromatic N) is 1. The van der Waals surface area contributed by atoms with E-state index in [9.17, 15) is 32.3 Å². The van der Waals surface area contributed by atoms with Gasteiger partial charge in [-0.15, -0.1) is 0 Å². The van der Waals surface area contributed by atoms with E-state index in [-0.39, 0.29) is 24.2 Å². The molecule has 0 aliphatic heterocycles. The van der Waals surface area contributed by atoms with Crippen molar-refractivity contribution in [3.63, 3.8) is 0 Å². The molecule has 1 unspecified atom stereocenters. The number of pyridine rings is 1. The quantitative estimate of drug-likeness (QED) is 0.235. The summed E-state index contributed by atoms with van der Waals surface area (Å²) in [5.74, 6) is 1.03. The van der Waals surface area contributed by atoms with Crippen LogP contribution in [-0.2, 0) is 16.0 Å². The van der Waals surface area contributed by atoms with E-state index >= 15 is 0 Å². The fourth-order valence-corrected chi connectivity index (χ4v) is 4.35. The summed E-state index contributed by atoms with van der Waals surface area (Å²) in [6.45, 7) is 0.645. The maximum absolute atomic E-state index is 12.4. The Morgan fingerprint density at radius 1 is 1.19 bits per heavy atom. The number of halogens is 3. The maximum atomic E-state index is 12.4. The SMILES string of the molecule is CCCCCC(=O)NC1(/C=C/P(=O)(O)O)C[C@@H]1c1ccc(OCc2cc(OCC(F)(F)F)ccn2)cc1. The first-order valence-electron chi connectivity index (χ1n) is 11.8. The zero-order chi connectivity index (χ0) is 27.1. The van der Waals surface area contributed by atoms with Gasteiger partial charge in [-0.2, -0.15) is 13.2 Å². The van der Waals surface area contributed by atoms with Gasteiger partial charge in [0.25, 0.3) is 0 Å². The van der Waals surface area contributed by atoms with Gasteiger partial charge in [-0.25, -0.2) is 0 Å². The van der Waals surface area contributed by atoms with Crippen LogP contribution < -0.4 is 14.8 Å². The Bertz CT molecular complexity index is 1140. The number of ether oxygens (including phenoxy) is 2.